The molecule has 13 rings (SSSR count). The van der Waals surface area contributed by atoms with Gasteiger partial charge in [-0.05, 0) is 49.4 Å². The largest absolute Gasteiger partial charge is 0.504 e. The highest BCUT2D eigenvalue weighted by Crippen LogP contribution is 2.63. The number of esters is 8. The number of phenolic OH excluding ortho intramolecular Hbond substituents is 18. The minimum atomic E-state index is -4.59. The highest BCUT2D eigenvalue weighted by Gasteiger charge is 2.92. The first-order valence-electron chi connectivity index (χ1n) is 31.4. The standard InChI is InChI=1S/C67H50O45/c1-14-11-100-58(90)19-10-30-49-46(84)36(19)34-18(7-27(73)40(78)44(34)82)57(89)102-13-32(105-54(86)15-2-22(68)37(75)23(69)3-15)51(61(93)103-14)108-60(92)21-8-28(74)41(79)47(85)48(21)104-29-9-20-35(45(83)42(29)80)33-17(6-26(72)39(77)43(33)81)56(88)101-12-31-50(107-59(20)91)52(109-55(87)16-4-24(70)38(76)25(71)5-16)53(62(94)106-31)110-64(96)65(111-30)63(95)66(97,98)67(65,99)112-49/h2-10,14,31-32,50-53,61-62,68-85,93-94,97-99H,11-13H2,1H3/t14-,31?,32+,50?,51?,52?,53?,61-,62?,65?,67?/m0/s1. The summed E-state index contributed by atoms with van der Waals surface area (Å²) in [7, 11) is 0. The van der Waals surface area contributed by atoms with Gasteiger partial charge in [0, 0.05) is 34.4 Å². The molecule has 1 spiro atoms. The number of carbonyl (C=O) groups is 9. The Morgan fingerprint density at radius 1 is 0.402 bits per heavy atom. The molecule has 45 heteroatoms. The predicted molar refractivity (Wildman–Crippen MR) is 339 cm³/mol. The fourth-order valence-corrected chi connectivity index (χ4v) is 12.5. The van der Waals surface area contributed by atoms with Gasteiger partial charge in [0.15, 0.2) is 135 Å². The lowest BCUT2D eigenvalue weighted by molar-refractivity contribution is -0.413. The number of fused-ring (bicyclic) bond motifs is 14. The van der Waals surface area contributed by atoms with Crippen molar-refractivity contribution in [3.63, 3.8) is 0 Å². The number of ether oxygens (including phenoxy) is 13. The summed E-state index contributed by atoms with van der Waals surface area (Å²) in [4.78, 5) is 134. The van der Waals surface area contributed by atoms with Crippen LogP contribution in [0.25, 0.3) is 22.3 Å². The van der Waals surface area contributed by atoms with Gasteiger partial charge in [0.25, 0.3) is 5.78 Å². The van der Waals surface area contributed by atoms with E-state index in [0.717, 1.165) is 6.92 Å². The number of rotatable bonds is 4. The Hall–Kier alpha value is -14.5. The Kier molecular flexibility index (Phi) is 18.1. The molecule has 45 nitrogen and oxygen atoms in total. The first-order valence-corrected chi connectivity index (χ1v) is 31.4. The number of cyclic esters (lactones) is 2. The maximum absolute atomic E-state index is 15.6. The average Bonchev–Trinajstić information content (AvgIpc) is 0.657. The van der Waals surface area contributed by atoms with E-state index in [1.165, 1.54) is 0 Å². The lowest BCUT2D eigenvalue weighted by Gasteiger charge is -2.58. The van der Waals surface area contributed by atoms with E-state index >= 15 is 14.4 Å². The van der Waals surface area contributed by atoms with Gasteiger partial charge in [-0.15, -0.1) is 0 Å². The zero-order valence-corrected chi connectivity index (χ0v) is 55.3. The molecule has 1 saturated heterocycles. The van der Waals surface area contributed by atoms with E-state index in [9.17, 15) is 146 Å². The van der Waals surface area contributed by atoms with Crippen molar-refractivity contribution < 1.29 is 222 Å². The summed E-state index contributed by atoms with van der Waals surface area (Å²) in [5, 5.41) is 259. The molecule has 5 aliphatic heterocycles. The van der Waals surface area contributed by atoms with Gasteiger partial charge in [-0.3, -0.25) is 4.79 Å². The number of hydrogen-bond acceptors (Lipinski definition) is 45. The number of Topliss-reactive ketones (excluding diaryl/α,β-unsaturated/α-hetero) is 1. The van der Waals surface area contributed by atoms with Crippen LogP contribution in [0.3, 0.4) is 0 Å². The third-order valence-electron chi connectivity index (χ3n) is 18.1. The normalized spacial score (nSPS) is 24.6. The summed E-state index contributed by atoms with van der Waals surface area (Å²) in [6, 6.07) is 2.58. The molecule has 588 valence electrons. The average molecular weight is 1580 g/mol. The van der Waals surface area contributed by atoms with Gasteiger partial charge in [-0.1, -0.05) is 0 Å². The van der Waals surface area contributed by atoms with Crippen molar-refractivity contribution in [1.82, 2.24) is 0 Å². The van der Waals surface area contributed by atoms with Gasteiger partial charge in [0.2, 0.25) is 34.5 Å². The number of aliphatic hydroxyl groups is 5. The topological polar surface area (TPSA) is 739 Å². The minimum absolute atomic E-state index is 0.139. The molecule has 0 amide bonds. The van der Waals surface area contributed by atoms with E-state index < -0.39 is 334 Å². The molecule has 0 radical (unpaired) electrons. The molecule has 5 heterocycles. The molecule has 1 aliphatic carbocycles. The van der Waals surface area contributed by atoms with Gasteiger partial charge >= 0.3 is 64.9 Å². The maximum atomic E-state index is 15.6. The third-order valence-corrected chi connectivity index (χ3v) is 18.1. The van der Waals surface area contributed by atoms with Crippen molar-refractivity contribution in [3.05, 3.63) is 93.5 Å². The monoisotopic (exact) mass is 1570 g/mol. The minimum Gasteiger partial charge on any atom is -0.504 e. The van der Waals surface area contributed by atoms with E-state index in [0.29, 0.717) is 30.3 Å². The number of ketones is 1. The maximum Gasteiger partial charge on any atom is 0.366 e. The lowest BCUT2D eigenvalue weighted by Crippen LogP contribution is -2.94. The molecular weight excluding hydrogens is 1520 g/mol. The molecular formula is C67H50O45. The van der Waals surface area contributed by atoms with E-state index in [4.69, 9.17) is 61.6 Å². The molecule has 6 aliphatic rings. The van der Waals surface area contributed by atoms with Crippen LogP contribution < -0.4 is 14.2 Å². The van der Waals surface area contributed by atoms with Crippen LogP contribution in [-0.2, 0) is 57.0 Å². The molecule has 8 bridgehead atoms. The Morgan fingerprint density at radius 2 is 0.821 bits per heavy atom. The number of benzene rings is 7. The van der Waals surface area contributed by atoms with E-state index in [2.05, 4.69) is 0 Å². The zero-order valence-electron chi connectivity index (χ0n) is 55.3. The summed E-state index contributed by atoms with van der Waals surface area (Å²) in [5.74, 6) is -62.8. The first kappa shape index (κ1) is 75.7. The molecule has 2 fully saturated rings. The second kappa shape index (κ2) is 26.7. The molecule has 11 atom stereocenters. The summed E-state index contributed by atoms with van der Waals surface area (Å²) in [6.45, 7) is -3.66. The van der Waals surface area contributed by atoms with Crippen LogP contribution in [0.4, 0.5) is 0 Å². The second-order valence-corrected chi connectivity index (χ2v) is 25.0. The molecule has 23 N–H and O–H groups in total. The number of hydrogen-bond donors (Lipinski definition) is 23. The van der Waals surface area contributed by atoms with Gasteiger partial charge in [-0.25, -0.2) is 38.4 Å². The summed E-state index contributed by atoms with van der Waals surface area (Å²) in [5.41, 5.74) is -19.3. The van der Waals surface area contributed by atoms with Crippen LogP contribution in [0.15, 0.2) is 54.6 Å². The van der Waals surface area contributed by atoms with Crippen molar-refractivity contribution in [1.29, 1.82) is 0 Å². The smallest absolute Gasteiger partial charge is 0.366 e. The highest BCUT2D eigenvalue weighted by molar-refractivity contribution is 6.20. The number of phenols is 18. The zero-order chi connectivity index (χ0) is 81.6. The van der Waals surface area contributed by atoms with E-state index in [1.807, 2.05) is 0 Å². The van der Waals surface area contributed by atoms with Crippen LogP contribution in [-0.4, -0.2) is 263 Å². The quantitative estimate of drug-likeness (QED) is 0.0332. The molecule has 112 heavy (non-hydrogen) atoms. The molecule has 8 unspecified atom stereocenters. The fraction of sp³-hybridized carbons (Fsp3) is 0.239. The van der Waals surface area contributed by atoms with Crippen LogP contribution >= 0.6 is 0 Å². The first-order chi connectivity index (χ1) is 52.5. The second-order valence-electron chi connectivity index (χ2n) is 25.0. The Labute approximate surface area is 615 Å². The lowest BCUT2D eigenvalue weighted by atomic mass is 9.65. The number of aliphatic hydroxyl groups excluding tert-OH is 2. The number of carbonyl (C=O) groups excluding carboxylic acids is 9. The predicted octanol–water partition coefficient (Wildman–Crippen LogP) is -0.958. The van der Waals surface area contributed by atoms with Crippen molar-refractivity contribution in [2.45, 2.75) is 79.4 Å². The number of aromatic hydroxyl groups is 18. The van der Waals surface area contributed by atoms with Crippen molar-refractivity contribution in [2.75, 3.05) is 19.8 Å². The fourth-order valence-electron chi connectivity index (χ4n) is 12.5. The van der Waals surface area contributed by atoms with Crippen LogP contribution in [0.2, 0.25) is 0 Å². The third kappa shape index (κ3) is 11.7. The SMILES string of the molecule is C[C@H]1COC(=O)c2cc3c4c(O)c2-c2c(cc(O)c(O)c2O)C(=O)OC[C@@H](OC(=O)c2cc(O)c(O)c(O)c2)C(OC(=O)c2cc(O)c(O)c(O)c2Oc2cc5c(c(O)c2O)-c2c(cc(O)c(O)c2O)C(=O)OCC2OC(O)C(OC(=O)C6(O3)C(=O)C(O)(O)C6(O)O4)C(OC(=O)c3cc(O)c(O)c(O)c3)C2OC5=O)[C@@H](O)O1. The highest BCUT2D eigenvalue weighted by atomic mass is 16.8. The molecule has 7 aromatic rings. The van der Waals surface area contributed by atoms with Crippen LogP contribution in [0.5, 0.6) is 126 Å². The van der Waals surface area contributed by atoms with Crippen LogP contribution in [0, 0.1) is 0 Å². The van der Waals surface area contributed by atoms with Crippen LogP contribution in [0.1, 0.15) is 79.4 Å². The molecule has 7 aromatic carbocycles. The van der Waals surface area contributed by atoms with Crippen molar-refractivity contribution in [2.24, 2.45) is 0 Å². The molecule has 1 saturated carbocycles. The summed E-state index contributed by atoms with van der Waals surface area (Å²) >= 11 is 0. The van der Waals surface area contributed by atoms with Crippen molar-refractivity contribution >= 4 is 53.5 Å². The summed E-state index contributed by atoms with van der Waals surface area (Å²) in [6.07, 6.45) is -25.3. The van der Waals surface area contributed by atoms with E-state index in [1.54, 1.807) is 0 Å². The Balaban J connectivity index is 1.09. The van der Waals surface area contributed by atoms with Gasteiger partial charge in [0.05, 0.1) is 39.5 Å². The van der Waals surface area contributed by atoms with Gasteiger partial charge in [-0.2, -0.15) is 0 Å². The Bertz CT molecular complexity index is 5290. The Morgan fingerprint density at radius 3 is 1.37 bits per heavy atom. The summed E-state index contributed by atoms with van der Waals surface area (Å²) < 4.78 is 72.3. The van der Waals surface area contributed by atoms with E-state index in [-0.39, 0.29) is 24.3 Å². The van der Waals surface area contributed by atoms with Crippen molar-refractivity contribution in [3.8, 4) is 149 Å². The molecule has 0 aromatic heterocycles. The van der Waals surface area contributed by atoms with Gasteiger partial charge in [0.1, 0.15) is 31.5 Å². The van der Waals surface area contributed by atoms with Gasteiger partial charge < -0.3 is 179 Å².